The monoisotopic (exact) mass is 804 g/mol. The molecule has 0 aromatic heterocycles. The highest BCUT2D eigenvalue weighted by Gasteiger charge is 2.19. The van der Waals surface area contributed by atoms with Crippen LogP contribution in [-0.4, -0.2) is 0 Å². The van der Waals surface area contributed by atoms with Crippen LogP contribution in [0.2, 0.25) is 0 Å². The normalized spacial score (nSPS) is 11.5. The topological polar surface area (TPSA) is 13.0 Å². The van der Waals surface area contributed by atoms with Crippen LogP contribution < -0.4 is 19.6 Å². The van der Waals surface area contributed by atoms with Gasteiger partial charge in [-0.1, -0.05) is 97.6 Å². The molecular weight excluding hydrogens is 753 g/mol. The predicted octanol–water partition coefficient (Wildman–Crippen LogP) is 16.5. The van der Waals surface area contributed by atoms with E-state index in [-0.39, 0.29) is 0 Å². The molecule has 0 aliphatic rings. The van der Waals surface area contributed by atoms with Crippen LogP contribution in [0.4, 0.5) is 56.9 Å². The summed E-state index contributed by atoms with van der Waals surface area (Å²) in [5, 5.41) is 0. The molecule has 0 heterocycles. The molecule has 0 bridgehead atoms. The summed E-state index contributed by atoms with van der Waals surface area (Å²) in [7, 11) is 0. The Morgan fingerprint density at radius 2 is 0.661 bits per heavy atom. The van der Waals surface area contributed by atoms with Crippen molar-refractivity contribution in [1.82, 2.24) is 0 Å². The van der Waals surface area contributed by atoms with Gasteiger partial charge in [0, 0.05) is 68.3 Å². The highest BCUT2D eigenvalue weighted by Crippen LogP contribution is 2.40. The van der Waals surface area contributed by atoms with Crippen LogP contribution in [0.25, 0.3) is 0 Å². The van der Waals surface area contributed by atoms with Crippen LogP contribution in [0, 0.1) is 20.8 Å². The summed E-state index contributed by atoms with van der Waals surface area (Å²) >= 11 is 0. The van der Waals surface area contributed by atoms with Gasteiger partial charge in [-0.3, -0.25) is 0 Å². The second-order valence-electron chi connectivity index (χ2n) is 15.5. The van der Waals surface area contributed by atoms with Gasteiger partial charge in [0.25, 0.3) is 0 Å². The van der Waals surface area contributed by atoms with Crippen LogP contribution in [0.3, 0.4) is 0 Å². The summed E-state index contributed by atoms with van der Waals surface area (Å²) in [6, 6.07) is 75.2. The lowest BCUT2D eigenvalue weighted by Crippen LogP contribution is -2.17. The van der Waals surface area contributed by atoms with Gasteiger partial charge in [-0.2, -0.15) is 0 Å². The quantitative estimate of drug-likeness (QED) is 0.102. The van der Waals surface area contributed by atoms with Gasteiger partial charge in [-0.05, 0) is 184 Å². The van der Waals surface area contributed by atoms with Crippen LogP contribution in [-0.2, 0) is 0 Å². The molecule has 0 amide bonds. The highest BCUT2D eigenvalue weighted by atomic mass is 15.2. The average molecular weight is 805 g/mol. The first-order valence-corrected chi connectivity index (χ1v) is 21.1. The molecule has 0 aliphatic heterocycles. The van der Waals surface area contributed by atoms with E-state index >= 15 is 0 Å². The largest absolute Gasteiger partial charge is 0.315 e. The van der Waals surface area contributed by atoms with Crippen LogP contribution in [0.1, 0.15) is 23.6 Å². The smallest absolute Gasteiger partial charge is 0.0464 e. The number of hydrogen-bond acceptors (Lipinski definition) is 4. The van der Waals surface area contributed by atoms with Gasteiger partial charge < -0.3 is 19.6 Å². The van der Waals surface area contributed by atoms with Crippen molar-refractivity contribution < 1.29 is 0 Å². The summed E-state index contributed by atoms with van der Waals surface area (Å²) in [6.45, 7) is 12.9. The van der Waals surface area contributed by atoms with E-state index in [9.17, 15) is 0 Å². The zero-order valence-corrected chi connectivity index (χ0v) is 35.9. The van der Waals surface area contributed by atoms with Crippen LogP contribution in [0.15, 0.2) is 249 Å². The molecule has 0 radical (unpaired) electrons. The SMILES string of the molecule is C=C/C(=C\C=C(/C)N(c1ccc(N(c2ccccc2)c2cccc(C)c2)cc1)c1ccc(N(c2ccccc2)c2cccc(C)c2)cc1)N(c1ccccc1)c1cccc(C)c1. The zero-order chi connectivity index (χ0) is 42.8. The zero-order valence-electron chi connectivity index (χ0n) is 35.9. The molecule has 62 heavy (non-hydrogen) atoms. The predicted molar refractivity (Wildman–Crippen MR) is 266 cm³/mol. The number of aryl methyl sites for hydroxylation is 3. The first kappa shape index (κ1) is 40.9. The second-order valence-corrected chi connectivity index (χ2v) is 15.5. The van der Waals surface area contributed by atoms with Crippen molar-refractivity contribution in [2.45, 2.75) is 27.7 Å². The maximum Gasteiger partial charge on any atom is 0.0464 e. The molecule has 0 spiro atoms. The van der Waals surface area contributed by atoms with Crippen molar-refractivity contribution in [3.8, 4) is 0 Å². The molecule has 8 aromatic rings. The van der Waals surface area contributed by atoms with Crippen molar-refractivity contribution >= 4 is 56.9 Å². The first-order valence-electron chi connectivity index (χ1n) is 21.1. The highest BCUT2D eigenvalue weighted by molar-refractivity contribution is 5.81. The summed E-state index contributed by atoms with van der Waals surface area (Å²) < 4.78 is 0. The van der Waals surface area contributed by atoms with Gasteiger partial charge in [0.2, 0.25) is 0 Å². The molecule has 0 unspecified atom stereocenters. The van der Waals surface area contributed by atoms with E-state index in [1.807, 2.05) is 12.1 Å². The molecule has 0 fully saturated rings. The number of allylic oxidation sites excluding steroid dienone is 4. The molecule has 4 nitrogen and oxygen atoms in total. The Hall–Kier alpha value is -7.82. The number of rotatable bonds is 14. The fourth-order valence-corrected chi connectivity index (χ4v) is 7.95. The maximum absolute atomic E-state index is 4.30. The van der Waals surface area contributed by atoms with Gasteiger partial charge in [0.05, 0.1) is 0 Å². The number of benzene rings is 8. The Labute approximate surface area is 367 Å². The number of hydrogen-bond donors (Lipinski definition) is 0. The Kier molecular flexibility index (Phi) is 12.6. The fraction of sp³-hybridized carbons (Fsp3) is 0.0690. The molecule has 0 N–H and O–H groups in total. The summed E-state index contributed by atoms with van der Waals surface area (Å²) in [5.41, 5.74) is 16.4. The molecule has 0 atom stereocenters. The number of nitrogens with zero attached hydrogens (tertiary/aromatic N) is 4. The fourth-order valence-electron chi connectivity index (χ4n) is 7.95. The standard InChI is InChI=1S/C58H52N4/c1-6-48(60(49-22-10-7-11-23-49)56-28-16-19-44(2)41-56)32-31-47(5)59(52-33-37-54(38-34-52)61(50-24-12-8-13-25-50)57-29-17-20-45(3)42-57)53-35-39-55(40-36-53)62(51-26-14-9-15-27-51)58-30-18-21-46(4)43-58/h6-43H,1H2,2-5H3/b47-31+,48-32+. The van der Waals surface area contributed by atoms with Gasteiger partial charge in [0.15, 0.2) is 0 Å². The van der Waals surface area contributed by atoms with Gasteiger partial charge in [-0.15, -0.1) is 0 Å². The van der Waals surface area contributed by atoms with E-state index in [4.69, 9.17) is 0 Å². The summed E-state index contributed by atoms with van der Waals surface area (Å²) in [5.74, 6) is 0. The minimum Gasteiger partial charge on any atom is -0.315 e. The summed E-state index contributed by atoms with van der Waals surface area (Å²) in [6.07, 6.45) is 6.29. The van der Waals surface area contributed by atoms with Crippen molar-refractivity contribution in [3.63, 3.8) is 0 Å². The molecule has 4 heteroatoms. The Morgan fingerprint density at radius 3 is 1.06 bits per heavy atom. The van der Waals surface area contributed by atoms with E-state index < -0.39 is 0 Å². The first-order chi connectivity index (χ1) is 30.4. The Balaban J connectivity index is 1.23. The van der Waals surface area contributed by atoms with Crippen molar-refractivity contribution in [2.24, 2.45) is 0 Å². The van der Waals surface area contributed by atoms with E-state index in [0.717, 1.165) is 68.3 Å². The lowest BCUT2D eigenvalue weighted by molar-refractivity contribution is 1.14. The molecule has 8 aromatic carbocycles. The minimum absolute atomic E-state index is 0.958. The third kappa shape index (κ3) is 9.31. The molecule has 0 aliphatic carbocycles. The van der Waals surface area contributed by atoms with Gasteiger partial charge in [0.1, 0.15) is 0 Å². The molecule has 0 saturated carbocycles. The van der Waals surface area contributed by atoms with E-state index in [2.05, 4.69) is 272 Å². The molecule has 0 saturated heterocycles. The van der Waals surface area contributed by atoms with Crippen LogP contribution in [0.5, 0.6) is 0 Å². The third-order valence-corrected chi connectivity index (χ3v) is 10.9. The molecule has 8 rings (SSSR count). The average Bonchev–Trinajstić information content (AvgIpc) is 3.30. The summed E-state index contributed by atoms with van der Waals surface area (Å²) in [4.78, 5) is 9.20. The molecular formula is C58H52N4. The lowest BCUT2D eigenvalue weighted by atomic mass is 10.1. The van der Waals surface area contributed by atoms with Crippen molar-refractivity contribution in [3.05, 3.63) is 265 Å². The van der Waals surface area contributed by atoms with Crippen molar-refractivity contribution in [1.29, 1.82) is 0 Å². The van der Waals surface area contributed by atoms with Gasteiger partial charge >= 0.3 is 0 Å². The Bertz CT molecular complexity index is 2660. The minimum atomic E-state index is 0.958. The lowest BCUT2D eigenvalue weighted by Gasteiger charge is -2.30. The van der Waals surface area contributed by atoms with E-state index in [1.54, 1.807) is 0 Å². The van der Waals surface area contributed by atoms with E-state index in [1.165, 1.54) is 16.7 Å². The molecule has 304 valence electrons. The Morgan fingerprint density at radius 1 is 0.339 bits per heavy atom. The second kappa shape index (κ2) is 19.1. The van der Waals surface area contributed by atoms with Crippen molar-refractivity contribution in [2.75, 3.05) is 19.6 Å². The van der Waals surface area contributed by atoms with Crippen LogP contribution >= 0.6 is 0 Å². The van der Waals surface area contributed by atoms with Gasteiger partial charge in [-0.25, -0.2) is 0 Å². The number of para-hydroxylation sites is 3. The number of anilines is 10. The third-order valence-electron chi connectivity index (χ3n) is 10.9. The maximum atomic E-state index is 4.30. The van der Waals surface area contributed by atoms with E-state index in [0.29, 0.717) is 0 Å².